The van der Waals surface area contributed by atoms with Crippen molar-refractivity contribution in [2.24, 2.45) is 5.92 Å². The van der Waals surface area contributed by atoms with Gasteiger partial charge in [0.15, 0.2) is 0 Å². The fourth-order valence-corrected chi connectivity index (χ4v) is 2.88. The van der Waals surface area contributed by atoms with Crippen molar-refractivity contribution in [3.05, 3.63) is 34.3 Å². The van der Waals surface area contributed by atoms with Crippen LogP contribution in [-0.2, 0) is 4.74 Å². The maximum Gasteiger partial charge on any atom is 0.0499 e. The molecule has 0 saturated carbocycles. The van der Waals surface area contributed by atoms with Gasteiger partial charge in [-0.3, -0.25) is 0 Å². The Balaban J connectivity index is 2.00. The first-order chi connectivity index (χ1) is 8.29. The Bertz CT molecular complexity index is 348. The van der Waals surface area contributed by atoms with Gasteiger partial charge in [0.25, 0.3) is 0 Å². The quantitative estimate of drug-likeness (QED) is 0.924. The van der Waals surface area contributed by atoms with Gasteiger partial charge in [0.1, 0.15) is 0 Å². The van der Waals surface area contributed by atoms with Crippen LogP contribution in [-0.4, -0.2) is 24.9 Å². The molecule has 1 aromatic rings. The predicted molar refractivity (Wildman–Crippen MR) is 72.1 cm³/mol. The van der Waals surface area contributed by atoms with Crippen molar-refractivity contribution >= 4 is 15.9 Å². The number of rotatable bonds is 4. The van der Waals surface area contributed by atoms with Gasteiger partial charge in [-0.25, -0.2) is 0 Å². The van der Waals surface area contributed by atoms with E-state index in [2.05, 4.69) is 28.1 Å². The first kappa shape index (κ1) is 13.1. The Hall–Kier alpha value is -0.380. The molecule has 1 aliphatic rings. The zero-order valence-corrected chi connectivity index (χ0v) is 11.5. The van der Waals surface area contributed by atoms with E-state index in [4.69, 9.17) is 4.74 Å². The second kappa shape index (κ2) is 6.53. The van der Waals surface area contributed by atoms with E-state index >= 15 is 0 Å². The average molecular weight is 299 g/mol. The molecule has 1 saturated heterocycles. The highest BCUT2D eigenvalue weighted by Gasteiger charge is 2.20. The first-order valence-corrected chi connectivity index (χ1v) is 7.03. The van der Waals surface area contributed by atoms with Crippen molar-refractivity contribution < 1.29 is 9.84 Å². The van der Waals surface area contributed by atoms with Gasteiger partial charge in [-0.15, -0.1) is 0 Å². The molecule has 3 heteroatoms. The summed E-state index contributed by atoms with van der Waals surface area (Å²) < 4.78 is 6.45. The monoisotopic (exact) mass is 298 g/mol. The molecule has 1 heterocycles. The zero-order chi connectivity index (χ0) is 12.1. The van der Waals surface area contributed by atoms with E-state index in [1.54, 1.807) is 0 Å². The van der Waals surface area contributed by atoms with Crippen LogP contribution in [0.25, 0.3) is 0 Å². The van der Waals surface area contributed by atoms with E-state index in [-0.39, 0.29) is 12.5 Å². The van der Waals surface area contributed by atoms with Crippen molar-refractivity contribution in [1.29, 1.82) is 0 Å². The summed E-state index contributed by atoms with van der Waals surface area (Å²) in [6.45, 7) is 1.98. The second-order valence-corrected chi connectivity index (χ2v) is 5.64. The van der Waals surface area contributed by atoms with E-state index in [0.29, 0.717) is 5.92 Å². The summed E-state index contributed by atoms with van der Waals surface area (Å²) in [4.78, 5) is 0. The smallest absolute Gasteiger partial charge is 0.0499 e. The molecule has 0 bridgehead atoms. The molecule has 1 atom stereocenters. The van der Waals surface area contributed by atoms with Crippen LogP contribution in [0.4, 0.5) is 0 Å². The number of hydrogen-bond acceptors (Lipinski definition) is 2. The summed E-state index contributed by atoms with van der Waals surface area (Å²) >= 11 is 3.48. The molecule has 1 fully saturated rings. The molecule has 1 aromatic carbocycles. The molecule has 0 radical (unpaired) electrons. The van der Waals surface area contributed by atoms with Crippen LogP contribution in [0.1, 0.15) is 30.7 Å². The Morgan fingerprint density at radius 1 is 1.35 bits per heavy atom. The molecular formula is C14H19BrO2. The summed E-state index contributed by atoms with van der Waals surface area (Å²) in [7, 11) is 0. The third kappa shape index (κ3) is 3.80. The minimum absolute atomic E-state index is 0.230. The standard InChI is InChI=1S/C14H19BrO2/c15-14-3-1-2-12(9-14)13(10-16)8-11-4-6-17-7-5-11/h1-3,9,11,13,16H,4-8,10H2. The predicted octanol–water partition coefficient (Wildman–Crippen LogP) is 3.34. The molecule has 2 rings (SSSR count). The van der Waals surface area contributed by atoms with Crippen molar-refractivity contribution in [3.8, 4) is 0 Å². The number of ether oxygens (including phenoxy) is 1. The minimum atomic E-state index is 0.230. The lowest BCUT2D eigenvalue weighted by molar-refractivity contribution is 0.0591. The number of aliphatic hydroxyl groups excluding tert-OH is 1. The highest BCUT2D eigenvalue weighted by atomic mass is 79.9. The van der Waals surface area contributed by atoms with Crippen LogP contribution < -0.4 is 0 Å². The lowest BCUT2D eigenvalue weighted by atomic mass is 9.85. The first-order valence-electron chi connectivity index (χ1n) is 6.23. The van der Waals surface area contributed by atoms with Crippen LogP contribution in [0.2, 0.25) is 0 Å². The maximum atomic E-state index is 9.55. The summed E-state index contributed by atoms with van der Waals surface area (Å²) in [5.41, 5.74) is 1.23. The number of benzene rings is 1. The zero-order valence-electron chi connectivity index (χ0n) is 9.94. The van der Waals surface area contributed by atoms with E-state index in [1.807, 2.05) is 12.1 Å². The average Bonchev–Trinajstić information content (AvgIpc) is 2.37. The molecule has 0 aliphatic carbocycles. The van der Waals surface area contributed by atoms with Crippen molar-refractivity contribution in [2.75, 3.05) is 19.8 Å². The van der Waals surface area contributed by atoms with Crippen LogP contribution >= 0.6 is 15.9 Å². The highest BCUT2D eigenvalue weighted by molar-refractivity contribution is 9.10. The third-order valence-corrected chi connectivity index (χ3v) is 3.99. The van der Waals surface area contributed by atoms with Crippen LogP contribution in [0, 0.1) is 5.92 Å². The number of hydrogen-bond donors (Lipinski definition) is 1. The van der Waals surface area contributed by atoms with Crippen LogP contribution in [0.15, 0.2) is 28.7 Å². The minimum Gasteiger partial charge on any atom is -0.396 e. The van der Waals surface area contributed by atoms with E-state index in [0.717, 1.165) is 36.9 Å². The molecule has 17 heavy (non-hydrogen) atoms. The molecule has 1 aliphatic heterocycles. The van der Waals surface area contributed by atoms with Gasteiger partial charge in [-0.1, -0.05) is 28.1 Å². The second-order valence-electron chi connectivity index (χ2n) is 4.73. The molecule has 0 aromatic heterocycles. The molecular weight excluding hydrogens is 280 g/mol. The van der Waals surface area contributed by atoms with E-state index in [1.165, 1.54) is 5.56 Å². The van der Waals surface area contributed by atoms with Gasteiger partial charge in [-0.2, -0.15) is 0 Å². The Morgan fingerprint density at radius 2 is 2.12 bits per heavy atom. The summed E-state index contributed by atoms with van der Waals surface area (Å²) in [6, 6.07) is 8.27. The largest absolute Gasteiger partial charge is 0.396 e. The summed E-state index contributed by atoms with van der Waals surface area (Å²) in [5.74, 6) is 0.954. The van der Waals surface area contributed by atoms with Crippen molar-refractivity contribution in [3.63, 3.8) is 0 Å². The van der Waals surface area contributed by atoms with Gasteiger partial charge in [-0.05, 0) is 42.9 Å². The van der Waals surface area contributed by atoms with Crippen molar-refractivity contribution in [1.82, 2.24) is 0 Å². The van der Waals surface area contributed by atoms with Gasteiger partial charge in [0, 0.05) is 30.2 Å². The van der Waals surface area contributed by atoms with E-state index < -0.39 is 0 Å². The Kier molecular flexibility index (Phi) is 5.01. The number of aliphatic hydroxyl groups is 1. The lowest BCUT2D eigenvalue weighted by Crippen LogP contribution is -2.19. The Labute approximate surface area is 111 Å². The third-order valence-electron chi connectivity index (χ3n) is 3.50. The topological polar surface area (TPSA) is 29.5 Å². The summed E-state index contributed by atoms with van der Waals surface area (Å²) in [6.07, 6.45) is 3.32. The van der Waals surface area contributed by atoms with Crippen LogP contribution in [0.5, 0.6) is 0 Å². The SMILES string of the molecule is OCC(CC1CCOCC1)c1cccc(Br)c1. The number of halogens is 1. The lowest BCUT2D eigenvalue weighted by Gasteiger charge is -2.26. The molecule has 1 N–H and O–H groups in total. The molecule has 2 nitrogen and oxygen atoms in total. The Morgan fingerprint density at radius 3 is 2.76 bits per heavy atom. The summed E-state index contributed by atoms with van der Waals surface area (Å²) in [5, 5.41) is 9.55. The maximum absolute atomic E-state index is 9.55. The van der Waals surface area contributed by atoms with Gasteiger partial charge >= 0.3 is 0 Å². The van der Waals surface area contributed by atoms with Gasteiger partial charge < -0.3 is 9.84 Å². The van der Waals surface area contributed by atoms with Crippen molar-refractivity contribution in [2.45, 2.75) is 25.2 Å². The molecule has 94 valence electrons. The normalized spacial score (nSPS) is 19.2. The molecule has 1 unspecified atom stereocenters. The van der Waals surface area contributed by atoms with Crippen LogP contribution in [0.3, 0.4) is 0 Å². The van der Waals surface area contributed by atoms with Gasteiger partial charge in [0.05, 0.1) is 0 Å². The molecule has 0 amide bonds. The highest BCUT2D eigenvalue weighted by Crippen LogP contribution is 2.30. The fourth-order valence-electron chi connectivity index (χ4n) is 2.46. The molecule has 0 spiro atoms. The van der Waals surface area contributed by atoms with E-state index in [9.17, 15) is 5.11 Å². The fraction of sp³-hybridized carbons (Fsp3) is 0.571. The van der Waals surface area contributed by atoms with Gasteiger partial charge in [0.2, 0.25) is 0 Å².